The Hall–Kier alpha value is -0.810. The molecule has 5 heteroatoms. The molecular weight excluding hydrogens is 222 g/mol. The van der Waals surface area contributed by atoms with Gasteiger partial charge in [0.25, 0.3) is 0 Å². The zero-order valence-electron chi connectivity index (χ0n) is 11.1. The summed E-state index contributed by atoms with van der Waals surface area (Å²) in [6.07, 6.45) is -0.141. The van der Waals surface area contributed by atoms with Gasteiger partial charge in [0.2, 0.25) is 0 Å². The Morgan fingerprint density at radius 2 is 2.12 bits per heavy atom. The summed E-state index contributed by atoms with van der Waals surface area (Å²) in [5.41, 5.74) is -0.495. The average Bonchev–Trinajstić information content (AvgIpc) is 2.18. The van der Waals surface area contributed by atoms with Crippen LogP contribution >= 0.6 is 0 Å². The Balaban J connectivity index is 2.46. The molecule has 1 aliphatic heterocycles. The second kappa shape index (κ2) is 5.69. The van der Waals surface area contributed by atoms with E-state index in [-0.39, 0.29) is 12.0 Å². The standard InChI is InChI=1S/C12H23NO4/c1-12(2,3)17-11(15)13-6-5-9(8-16-4)10(14)7-13/h9-10,14H,5-8H2,1-4H3. The number of aliphatic hydroxyl groups excluding tert-OH is 1. The second-order valence-corrected chi connectivity index (χ2v) is 5.50. The first kappa shape index (κ1) is 14.3. The predicted octanol–water partition coefficient (Wildman–Crippen LogP) is 1.25. The van der Waals surface area contributed by atoms with Crippen molar-refractivity contribution in [3.05, 3.63) is 0 Å². The van der Waals surface area contributed by atoms with Crippen molar-refractivity contribution in [1.82, 2.24) is 4.90 Å². The van der Waals surface area contributed by atoms with Gasteiger partial charge in [-0.25, -0.2) is 4.79 Å². The van der Waals surface area contributed by atoms with Crippen LogP contribution in [0.1, 0.15) is 27.2 Å². The highest BCUT2D eigenvalue weighted by atomic mass is 16.6. The zero-order valence-corrected chi connectivity index (χ0v) is 11.1. The molecule has 0 bridgehead atoms. The molecule has 0 aliphatic carbocycles. The van der Waals surface area contributed by atoms with Crippen molar-refractivity contribution in [2.24, 2.45) is 5.92 Å². The van der Waals surface area contributed by atoms with Crippen LogP contribution in [0.5, 0.6) is 0 Å². The number of ether oxygens (including phenoxy) is 2. The van der Waals surface area contributed by atoms with Crippen LogP contribution in [0, 0.1) is 5.92 Å². The van der Waals surface area contributed by atoms with Gasteiger partial charge in [-0.05, 0) is 27.2 Å². The van der Waals surface area contributed by atoms with Gasteiger partial charge in [0.05, 0.1) is 19.3 Å². The number of methoxy groups -OCH3 is 1. The third-order valence-corrected chi connectivity index (χ3v) is 2.75. The Morgan fingerprint density at radius 3 is 2.59 bits per heavy atom. The smallest absolute Gasteiger partial charge is 0.410 e. The number of nitrogens with zero attached hydrogens (tertiary/aromatic N) is 1. The van der Waals surface area contributed by atoms with E-state index in [1.807, 2.05) is 20.8 Å². The molecule has 1 fully saturated rings. The minimum absolute atomic E-state index is 0.110. The van der Waals surface area contributed by atoms with E-state index >= 15 is 0 Å². The molecule has 17 heavy (non-hydrogen) atoms. The van der Waals surface area contributed by atoms with E-state index in [1.165, 1.54) is 0 Å². The fourth-order valence-corrected chi connectivity index (χ4v) is 1.88. The third kappa shape index (κ3) is 4.52. The number of carbonyl (C=O) groups excluding carboxylic acids is 1. The monoisotopic (exact) mass is 245 g/mol. The predicted molar refractivity (Wildman–Crippen MR) is 63.8 cm³/mol. The van der Waals surface area contributed by atoms with Gasteiger partial charge in [-0.3, -0.25) is 0 Å². The maximum Gasteiger partial charge on any atom is 0.410 e. The summed E-state index contributed by atoms with van der Waals surface area (Å²) in [6.45, 7) is 6.96. The number of carbonyl (C=O) groups is 1. The van der Waals surface area contributed by atoms with Gasteiger partial charge in [0, 0.05) is 19.6 Å². The molecule has 0 saturated carbocycles. The summed E-state index contributed by atoms with van der Waals surface area (Å²) in [7, 11) is 1.62. The van der Waals surface area contributed by atoms with E-state index in [9.17, 15) is 9.90 Å². The molecule has 1 rings (SSSR count). The van der Waals surface area contributed by atoms with Gasteiger partial charge >= 0.3 is 6.09 Å². The van der Waals surface area contributed by atoms with Crippen LogP contribution in [0.4, 0.5) is 4.79 Å². The number of piperidine rings is 1. The Kier molecular flexibility index (Phi) is 4.77. The Bertz CT molecular complexity index is 262. The fraction of sp³-hybridized carbons (Fsp3) is 0.917. The second-order valence-electron chi connectivity index (χ2n) is 5.50. The topological polar surface area (TPSA) is 59.0 Å². The minimum atomic E-state index is -0.531. The first-order valence-corrected chi connectivity index (χ1v) is 5.98. The zero-order chi connectivity index (χ0) is 13.1. The number of likely N-dealkylation sites (tertiary alicyclic amines) is 1. The van der Waals surface area contributed by atoms with Gasteiger partial charge in [-0.15, -0.1) is 0 Å². The van der Waals surface area contributed by atoms with Gasteiger partial charge < -0.3 is 19.5 Å². The van der Waals surface area contributed by atoms with Crippen molar-refractivity contribution >= 4 is 6.09 Å². The van der Waals surface area contributed by atoms with Gasteiger partial charge in [0.15, 0.2) is 0 Å². The van der Waals surface area contributed by atoms with Crippen LogP contribution in [0.15, 0.2) is 0 Å². The summed E-state index contributed by atoms with van der Waals surface area (Å²) in [4.78, 5) is 13.3. The molecule has 2 unspecified atom stereocenters. The average molecular weight is 245 g/mol. The molecule has 0 aromatic carbocycles. The molecular formula is C12H23NO4. The van der Waals surface area contributed by atoms with Crippen molar-refractivity contribution in [1.29, 1.82) is 0 Å². The molecule has 1 N–H and O–H groups in total. The summed E-state index contributed by atoms with van der Waals surface area (Å²) in [5, 5.41) is 9.89. The van der Waals surface area contributed by atoms with Crippen LogP contribution in [0.3, 0.4) is 0 Å². The highest BCUT2D eigenvalue weighted by molar-refractivity contribution is 5.68. The summed E-state index contributed by atoms with van der Waals surface area (Å²) < 4.78 is 10.3. The SMILES string of the molecule is COCC1CCN(C(=O)OC(C)(C)C)CC1O. The highest BCUT2D eigenvalue weighted by Gasteiger charge is 2.32. The number of aliphatic hydroxyl groups is 1. The minimum Gasteiger partial charge on any atom is -0.444 e. The fourth-order valence-electron chi connectivity index (χ4n) is 1.88. The number of amides is 1. The van der Waals surface area contributed by atoms with Crippen LogP contribution in [0.2, 0.25) is 0 Å². The highest BCUT2D eigenvalue weighted by Crippen LogP contribution is 2.20. The van der Waals surface area contributed by atoms with Crippen LogP contribution in [-0.2, 0) is 9.47 Å². The molecule has 0 aromatic rings. The number of rotatable bonds is 2. The van der Waals surface area contributed by atoms with E-state index in [0.717, 1.165) is 6.42 Å². The van der Waals surface area contributed by atoms with Gasteiger partial charge in [-0.2, -0.15) is 0 Å². The lowest BCUT2D eigenvalue weighted by Crippen LogP contribution is -2.49. The number of β-amino-alcohol motifs (C(OH)–C–C–N with tert-alkyl or cyclic N) is 1. The van der Waals surface area contributed by atoms with Crippen molar-refractivity contribution in [2.45, 2.75) is 38.9 Å². The first-order chi connectivity index (χ1) is 7.83. The molecule has 0 spiro atoms. The molecule has 100 valence electrons. The third-order valence-electron chi connectivity index (χ3n) is 2.75. The molecule has 1 heterocycles. The summed E-state index contributed by atoms with van der Waals surface area (Å²) in [6, 6.07) is 0. The quantitative estimate of drug-likeness (QED) is 0.795. The van der Waals surface area contributed by atoms with E-state index in [2.05, 4.69) is 0 Å². The summed E-state index contributed by atoms with van der Waals surface area (Å²) >= 11 is 0. The lowest BCUT2D eigenvalue weighted by atomic mass is 9.95. The number of hydrogen-bond donors (Lipinski definition) is 1. The van der Waals surface area contributed by atoms with E-state index < -0.39 is 11.7 Å². The first-order valence-electron chi connectivity index (χ1n) is 5.98. The van der Waals surface area contributed by atoms with Crippen molar-refractivity contribution in [3.8, 4) is 0 Å². The molecule has 1 aliphatic rings. The molecule has 0 aromatic heterocycles. The summed E-state index contributed by atoms with van der Waals surface area (Å²) in [5.74, 6) is 0.110. The normalized spacial score (nSPS) is 25.8. The van der Waals surface area contributed by atoms with Crippen molar-refractivity contribution in [2.75, 3.05) is 26.8 Å². The van der Waals surface area contributed by atoms with Gasteiger partial charge in [0.1, 0.15) is 5.60 Å². The molecule has 1 saturated heterocycles. The van der Waals surface area contributed by atoms with Crippen LogP contribution in [0.25, 0.3) is 0 Å². The van der Waals surface area contributed by atoms with Crippen LogP contribution in [-0.4, -0.2) is 54.6 Å². The van der Waals surface area contributed by atoms with E-state index in [1.54, 1.807) is 12.0 Å². The van der Waals surface area contributed by atoms with Crippen molar-refractivity contribution < 1.29 is 19.4 Å². The maximum absolute atomic E-state index is 11.8. The van der Waals surface area contributed by atoms with Gasteiger partial charge in [-0.1, -0.05) is 0 Å². The van der Waals surface area contributed by atoms with E-state index in [4.69, 9.17) is 9.47 Å². The maximum atomic E-state index is 11.8. The molecule has 2 atom stereocenters. The molecule has 1 amide bonds. The lowest BCUT2D eigenvalue weighted by Gasteiger charge is -2.36. The lowest BCUT2D eigenvalue weighted by molar-refractivity contribution is -0.0285. The number of hydrogen-bond acceptors (Lipinski definition) is 4. The Labute approximate surface area is 103 Å². The largest absolute Gasteiger partial charge is 0.444 e. The Morgan fingerprint density at radius 1 is 1.47 bits per heavy atom. The van der Waals surface area contributed by atoms with E-state index in [0.29, 0.717) is 19.7 Å². The van der Waals surface area contributed by atoms with Crippen molar-refractivity contribution in [3.63, 3.8) is 0 Å². The molecule has 5 nitrogen and oxygen atoms in total. The van der Waals surface area contributed by atoms with Crippen LogP contribution < -0.4 is 0 Å². The molecule has 0 radical (unpaired) electrons.